The van der Waals surface area contributed by atoms with Crippen LogP contribution in [0, 0.1) is 0 Å². The van der Waals surface area contributed by atoms with Gasteiger partial charge in [-0.25, -0.2) is 9.78 Å². The summed E-state index contributed by atoms with van der Waals surface area (Å²) in [5.41, 5.74) is 1.49. The number of carbonyl (C=O) groups is 1. The highest BCUT2D eigenvalue weighted by Gasteiger charge is 2.14. The third-order valence-electron chi connectivity index (χ3n) is 3.97. The zero-order valence-electron chi connectivity index (χ0n) is 14.3. The van der Waals surface area contributed by atoms with Gasteiger partial charge in [0.05, 0.1) is 11.3 Å². The van der Waals surface area contributed by atoms with Gasteiger partial charge in [0.2, 0.25) is 0 Å². The quantitative estimate of drug-likeness (QED) is 0.394. The Morgan fingerprint density at radius 1 is 1.15 bits per heavy atom. The predicted octanol–water partition coefficient (Wildman–Crippen LogP) is 4.89. The first-order valence-electron chi connectivity index (χ1n) is 8.08. The summed E-state index contributed by atoms with van der Waals surface area (Å²) >= 11 is 2.83. The smallest absolute Gasteiger partial charge is 0.345 e. The molecule has 2 aromatic heterocycles. The topological polar surface area (TPSA) is 72.2 Å². The van der Waals surface area contributed by atoms with Crippen LogP contribution in [0.25, 0.3) is 22.2 Å². The minimum absolute atomic E-state index is 0.239. The summed E-state index contributed by atoms with van der Waals surface area (Å²) < 4.78 is 5.35. The molecule has 0 aliphatic carbocycles. The summed E-state index contributed by atoms with van der Waals surface area (Å²) in [6.07, 6.45) is 1.96. The Bertz CT molecular complexity index is 1200. The van der Waals surface area contributed by atoms with E-state index in [0.717, 1.165) is 10.3 Å². The number of fused-ring (bicyclic) bond motifs is 1. The van der Waals surface area contributed by atoms with E-state index >= 15 is 0 Å². The molecule has 0 atom stereocenters. The molecule has 0 unspecified atom stereocenters. The van der Waals surface area contributed by atoms with Gasteiger partial charge in [-0.1, -0.05) is 24.3 Å². The molecule has 7 heteroatoms. The van der Waals surface area contributed by atoms with E-state index < -0.39 is 5.63 Å². The van der Waals surface area contributed by atoms with Gasteiger partial charge in [0.25, 0.3) is 5.91 Å². The third kappa shape index (κ3) is 3.65. The number of thiazole rings is 1. The third-order valence-corrected chi connectivity index (χ3v) is 5.46. The molecule has 1 N–H and O–H groups in total. The van der Waals surface area contributed by atoms with E-state index in [2.05, 4.69) is 10.3 Å². The molecule has 2 aromatic carbocycles. The molecular formula is C20H14N2O3S2. The first-order valence-corrected chi connectivity index (χ1v) is 10.2. The monoisotopic (exact) mass is 394 g/mol. The molecular weight excluding hydrogens is 380 g/mol. The van der Waals surface area contributed by atoms with Crippen molar-refractivity contribution in [2.24, 2.45) is 0 Å². The average molecular weight is 394 g/mol. The number of para-hydroxylation sites is 1. The van der Waals surface area contributed by atoms with Crippen molar-refractivity contribution in [1.29, 1.82) is 0 Å². The fraction of sp³-hybridized carbons (Fsp3) is 0.0500. The highest BCUT2D eigenvalue weighted by Crippen LogP contribution is 2.26. The molecule has 27 heavy (non-hydrogen) atoms. The molecule has 0 saturated carbocycles. The average Bonchev–Trinajstić information content (AvgIpc) is 3.15. The Morgan fingerprint density at radius 3 is 2.85 bits per heavy atom. The normalized spacial score (nSPS) is 10.9. The van der Waals surface area contributed by atoms with Crippen LogP contribution in [0.15, 0.2) is 74.1 Å². The number of thioether (sulfide) groups is 1. The van der Waals surface area contributed by atoms with Gasteiger partial charge >= 0.3 is 5.63 Å². The van der Waals surface area contributed by atoms with Gasteiger partial charge in [-0.2, -0.15) is 0 Å². The lowest BCUT2D eigenvalue weighted by atomic mass is 10.1. The van der Waals surface area contributed by atoms with E-state index in [4.69, 9.17) is 4.42 Å². The van der Waals surface area contributed by atoms with Gasteiger partial charge in [-0.15, -0.1) is 23.1 Å². The van der Waals surface area contributed by atoms with Gasteiger partial charge in [0.15, 0.2) is 5.13 Å². The summed E-state index contributed by atoms with van der Waals surface area (Å²) in [5.74, 6) is -0.239. The number of nitrogens with one attached hydrogen (secondary N) is 1. The number of carbonyl (C=O) groups excluding carboxylic acids is 1. The fourth-order valence-electron chi connectivity index (χ4n) is 2.63. The molecule has 4 aromatic rings. The summed E-state index contributed by atoms with van der Waals surface area (Å²) in [6.45, 7) is 0. The number of benzene rings is 2. The van der Waals surface area contributed by atoms with Crippen molar-refractivity contribution in [1.82, 2.24) is 4.98 Å². The van der Waals surface area contributed by atoms with Gasteiger partial charge in [0.1, 0.15) is 5.58 Å². The molecule has 0 fully saturated rings. The largest absolute Gasteiger partial charge is 0.422 e. The van der Waals surface area contributed by atoms with Crippen LogP contribution < -0.4 is 10.9 Å². The Morgan fingerprint density at radius 2 is 2.00 bits per heavy atom. The van der Waals surface area contributed by atoms with Crippen molar-refractivity contribution in [3.05, 3.63) is 76.0 Å². The minimum Gasteiger partial charge on any atom is -0.422 e. The van der Waals surface area contributed by atoms with Crippen LogP contribution in [0.3, 0.4) is 0 Å². The van der Waals surface area contributed by atoms with Crippen LogP contribution in [0.1, 0.15) is 10.4 Å². The van der Waals surface area contributed by atoms with Crippen molar-refractivity contribution in [2.45, 2.75) is 4.90 Å². The lowest BCUT2D eigenvalue weighted by Gasteiger charge is -2.03. The fourth-order valence-corrected chi connectivity index (χ4v) is 3.79. The van der Waals surface area contributed by atoms with E-state index in [-0.39, 0.29) is 5.91 Å². The van der Waals surface area contributed by atoms with E-state index in [9.17, 15) is 9.59 Å². The summed E-state index contributed by atoms with van der Waals surface area (Å²) in [7, 11) is 0. The second-order valence-electron chi connectivity index (χ2n) is 5.71. The number of anilines is 1. The number of amides is 1. The minimum atomic E-state index is -0.454. The van der Waals surface area contributed by atoms with Crippen LogP contribution in [0.2, 0.25) is 0 Å². The molecule has 1 amide bonds. The Balaban J connectivity index is 1.61. The molecule has 0 aliphatic rings. The predicted molar refractivity (Wildman–Crippen MR) is 110 cm³/mol. The number of rotatable bonds is 4. The number of nitrogens with zero attached hydrogens (tertiary/aromatic N) is 1. The molecule has 4 rings (SSSR count). The SMILES string of the molecule is CSc1cccc(C(=O)Nc2nc(-c3cc4ccccc4oc3=O)cs2)c1. The molecule has 134 valence electrons. The van der Waals surface area contributed by atoms with Crippen molar-refractivity contribution in [3.63, 3.8) is 0 Å². The van der Waals surface area contributed by atoms with E-state index in [1.54, 1.807) is 35.3 Å². The van der Waals surface area contributed by atoms with E-state index in [1.807, 2.05) is 42.7 Å². The van der Waals surface area contributed by atoms with Crippen molar-refractivity contribution < 1.29 is 9.21 Å². The maximum atomic E-state index is 12.4. The standard InChI is InChI=1S/C20H14N2O3S2/c1-26-14-7-4-6-13(9-14)18(23)22-20-21-16(11-27-20)15-10-12-5-2-3-8-17(12)25-19(15)24/h2-11H,1H3,(H,21,22,23). The molecule has 5 nitrogen and oxygen atoms in total. The maximum absolute atomic E-state index is 12.4. The summed E-state index contributed by atoms with van der Waals surface area (Å²) in [5, 5.41) is 5.76. The highest BCUT2D eigenvalue weighted by atomic mass is 32.2. The van der Waals surface area contributed by atoms with E-state index in [0.29, 0.717) is 27.5 Å². The van der Waals surface area contributed by atoms with E-state index in [1.165, 1.54) is 11.3 Å². The van der Waals surface area contributed by atoms with Crippen molar-refractivity contribution in [2.75, 3.05) is 11.6 Å². The summed E-state index contributed by atoms with van der Waals surface area (Å²) in [4.78, 5) is 30.1. The zero-order valence-corrected chi connectivity index (χ0v) is 15.9. The van der Waals surface area contributed by atoms with Crippen LogP contribution >= 0.6 is 23.1 Å². The van der Waals surface area contributed by atoms with Crippen LogP contribution in [-0.2, 0) is 0 Å². The molecule has 2 heterocycles. The van der Waals surface area contributed by atoms with Gasteiger partial charge in [-0.3, -0.25) is 10.1 Å². The van der Waals surface area contributed by atoms with Gasteiger partial charge in [0, 0.05) is 21.2 Å². The number of hydrogen-bond donors (Lipinski definition) is 1. The van der Waals surface area contributed by atoms with Crippen LogP contribution in [0.4, 0.5) is 5.13 Å². The Hall–Kier alpha value is -2.90. The number of hydrogen-bond acceptors (Lipinski definition) is 6. The van der Waals surface area contributed by atoms with Crippen molar-refractivity contribution in [3.8, 4) is 11.3 Å². The molecule has 0 spiro atoms. The first kappa shape index (κ1) is 17.5. The lowest BCUT2D eigenvalue weighted by molar-refractivity contribution is 0.102. The molecule has 0 radical (unpaired) electrons. The maximum Gasteiger partial charge on any atom is 0.345 e. The van der Waals surface area contributed by atoms with Gasteiger partial charge < -0.3 is 4.42 Å². The molecule has 0 saturated heterocycles. The second kappa shape index (κ2) is 7.38. The Labute approximate surface area is 163 Å². The zero-order chi connectivity index (χ0) is 18.8. The van der Waals surface area contributed by atoms with Crippen molar-refractivity contribution >= 4 is 45.1 Å². The lowest BCUT2D eigenvalue weighted by Crippen LogP contribution is -2.11. The summed E-state index contributed by atoms with van der Waals surface area (Å²) in [6, 6.07) is 16.4. The number of aromatic nitrogens is 1. The van der Waals surface area contributed by atoms with Crippen LogP contribution in [0.5, 0.6) is 0 Å². The van der Waals surface area contributed by atoms with Gasteiger partial charge in [-0.05, 0) is 36.6 Å². The highest BCUT2D eigenvalue weighted by molar-refractivity contribution is 7.98. The molecule has 0 bridgehead atoms. The second-order valence-corrected chi connectivity index (χ2v) is 7.45. The first-order chi connectivity index (χ1) is 13.1. The van der Waals surface area contributed by atoms with Crippen LogP contribution in [-0.4, -0.2) is 17.1 Å². The Kier molecular flexibility index (Phi) is 4.79. The molecule has 0 aliphatic heterocycles.